The van der Waals surface area contributed by atoms with Crippen LogP contribution >= 0.6 is 15.9 Å². The second kappa shape index (κ2) is 5.15. The molecule has 1 aromatic carbocycles. The summed E-state index contributed by atoms with van der Waals surface area (Å²) < 4.78 is 4.66. The predicted octanol–water partition coefficient (Wildman–Crippen LogP) is 1.03. The van der Waals surface area contributed by atoms with E-state index in [9.17, 15) is 14.7 Å². The van der Waals surface area contributed by atoms with Crippen LogP contribution in [0.25, 0.3) is 0 Å². The van der Waals surface area contributed by atoms with E-state index in [4.69, 9.17) is 10.8 Å². The first-order chi connectivity index (χ1) is 7.90. The van der Waals surface area contributed by atoms with Crippen molar-refractivity contribution in [2.75, 3.05) is 7.11 Å². The quantitative estimate of drug-likeness (QED) is 0.719. The first-order valence-electron chi connectivity index (χ1n) is 4.48. The molecule has 0 radical (unpaired) electrons. The smallest absolute Gasteiger partial charge is 0.336 e. The highest BCUT2D eigenvalue weighted by Gasteiger charge is 2.27. The van der Waals surface area contributed by atoms with Crippen LogP contribution in [0.5, 0.6) is 5.75 Å². The molecule has 0 saturated heterocycles. The number of methoxy groups -OCH3 is 1. The molecule has 4 N–H and O–H groups in total. The summed E-state index contributed by atoms with van der Waals surface area (Å²) in [5, 5.41) is 18.7. The fraction of sp³-hybridized carbons (Fsp3) is 0.200. The van der Waals surface area contributed by atoms with Crippen LogP contribution < -0.4 is 5.73 Å². The van der Waals surface area contributed by atoms with Crippen molar-refractivity contribution in [2.45, 2.75) is 6.04 Å². The van der Waals surface area contributed by atoms with E-state index in [0.717, 1.165) is 7.11 Å². The van der Waals surface area contributed by atoms with Gasteiger partial charge in [0.15, 0.2) is 0 Å². The van der Waals surface area contributed by atoms with Gasteiger partial charge in [0, 0.05) is 5.56 Å². The third-order valence-electron chi connectivity index (χ3n) is 2.16. The van der Waals surface area contributed by atoms with Crippen LogP contribution in [0.1, 0.15) is 22.0 Å². The monoisotopic (exact) mass is 303 g/mol. The number of halogens is 1. The minimum absolute atomic E-state index is 0.182. The number of carboxylic acid groups (broad SMARTS) is 1. The van der Waals surface area contributed by atoms with E-state index in [1.165, 1.54) is 12.1 Å². The lowest BCUT2D eigenvalue weighted by molar-refractivity contribution is -0.142. The lowest BCUT2D eigenvalue weighted by atomic mass is 9.99. The molecule has 0 bridgehead atoms. The van der Waals surface area contributed by atoms with Gasteiger partial charge in [-0.15, -0.1) is 0 Å². The fourth-order valence-corrected chi connectivity index (χ4v) is 1.67. The molecule has 1 aromatic rings. The summed E-state index contributed by atoms with van der Waals surface area (Å²) in [6.45, 7) is 0. The second-order valence-corrected chi connectivity index (χ2v) is 4.02. The number of aromatic hydroxyl groups is 1. The highest BCUT2D eigenvalue weighted by atomic mass is 79.9. The number of aromatic carboxylic acids is 1. The average Bonchev–Trinajstić information content (AvgIpc) is 2.30. The zero-order chi connectivity index (χ0) is 13.2. The number of hydrogen-bond donors (Lipinski definition) is 3. The largest absolute Gasteiger partial charge is 0.506 e. The lowest BCUT2D eigenvalue weighted by Crippen LogP contribution is -2.25. The highest BCUT2D eigenvalue weighted by Crippen LogP contribution is 2.34. The summed E-state index contributed by atoms with van der Waals surface area (Å²) in [6.07, 6.45) is 0. The molecule has 1 rings (SSSR count). The number of esters is 1. The van der Waals surface area contributed by atoms with E-state index in [1.54, 1.807) is 0 Å². The number of carboxylic acids is 1. The standard InChI is InChI=1S/C10H10BrNO5/c1-17-10(16)7(12)6-4(9(14)15)2-3-5(11)8(6)13/h2-3,7,13H,12H2,1H3,(H,14,15)/t7-/m0/s1. The molecule has 0 spiro atoms. The maximum atomic E-state index is 11.3. The average molecular weight is 304 g/mol. The highest BCUT2D eigenvalue weighted by molar-refractivity contribution is 9.10. The molecule has 0 unspecified atom stereocenters. The minimum Gasteiger partial charge on any atom is -0.506 e. The van der Waals surface area contributed by atoms with E-state index in [0.29, 0.717) is 0 Å². The SMILES string of the molecule is COC(=O)[C@@H](N)c1c(C(=O)O)ccc(Br)c1O. The van der Waals surface area contributed by atoms with Gasteiger partial charge in [-0.1, -0.05) is 0 Å². The molecule has 6 nitrogen and oxygen atoms in total. The molecule has 0 amide bonds. The molecule has 7 heteroatoms. The summed E-state index contributed by atoms with van der Waals surface area (Å²) in [4.78, 5) is 22.3. The van der Waals surface area contributed by atoms with Crippen LogP contribution in [0.3, 0.4) is 0 Å². The number of hydrogen-bond acceptors (Lipinski definition) is 5. The Morgan fingerprint density at radius 2 is 2.06 bits per heavy atom. The summed E-state index contributed by atoms with van der Waals surface area (Å²) in [5.74, 6) is -2.51. The second-order valence-electron chi connectivity index (χ2n) is 3.16. The van der Waals surface area contributed by atoms with Gasteiger partial charge >= 0.3 is 11.9 Å². The van der Waals surface area contributed by atoms with Crippen LogP contribution in [0, 0.1) is 0 Å². The molecule has 17 heavy (non-hydrogen) atoms. The Kier molecular flexibility index (Phi) is 4.08. The Bertz CT molecular complexity index is 474. The zero-order valence-corrected chi connectivity index (χ0v) is 10.4. The van der Waals surface area contributed by atoms with Crippen LogP contribution in [0.2, 0.25) is 0 Å². The molecule has 0 heterocycles. The third kappa shape index (κ3) is 2.56. The Labute approximate surface area is 105 Å². The first kappa shape index (κ1) is 13.5. The molecular formula is C10H10BrNO5. The number of nitrogens with two attached hydrogens (primary N) is 1. The molecule has 0 aliphatic carbocycles. The fourth-order valence-electron chi connectivity index (χ4n) is 1.33. The van der Waals surface area contributed by atoms with Crippen molar-refractivity contribution in [1.29, 1.82) is 0 Å². The summed E-state index contributed by atoms with van der Waals surface area (Å²) in [5.41, 5.74) is 5.11. The van der Waals surface area contributed by atoms with Gasteiger partial charge in [-0.2, -0.15) is 0 Å². The topological polar surface area (TPSA) is 110 Å². The molecule has 0 fully saturated rings. The van der Waals surface area contributed by atoms with Crippen molar-refractivity contribution >= 4 is 27.9 Å². The van der Waals surface area contributed by atoms with Crippen molar-refractivity contribution in [3.8, 4) is 5.75 Å². The van der Waals surface area contributed by atoms with E-state index in [1.807, 2.05) is 0 Å². The minimum atomic E-state index is -1.36. The van der Waals surface area contributed by atoms with Crippen LogP contribution in [0.15, 0.2) is 16.6 Å². The Balaban J connectivity index is 3.42. The van der Waals surface area contributed by atoms with E-state index >= 15 is 0 Å². The van der Waals surface area contributed by atoms with Gasteiger partial charge in [0.1, 0.15) is 11.8 Å². The van der Waals surface area contributed by atoms with Gasteiger partial charge in [0.05, 0.1) is 17.1 Å². The Morgan fingerprint density at radius 1 is 1.47 bits per heavy atom. The number of carbonyl (C=O) groups is 2. The van der Waals surface area contributed by atoms with Crippen molar-refractivity contribution in [3.63, 3.8) is 0 Å². The number of carbonyl (C=O) groups excluding carboxylic acids is 1. The molecular weight excluding hydrogens is 294 g/mol. The van der Waals surface area contributed by atoms with Gasteiger partial charge < -0.3 is 20.7 Å². The number of phenolic OH excluding ortho intramolecular Hbond substituents is 1. The Hall–Kier alpha value is -1.60. The molecule has 0 aliphatic heterocycles. The van der Waals surface area contributed by atoms with E-state index in [-0.39, 0.29) is 21.3 Å². The molecule has 1 atom stereocenters. The van der Waals surface area contributed by atoms with Crippen LogP contribution in [-0.4, -0.2) is 29.3 Å². The maximum absolute atomic E-state index is 11.3. The number of phenols is 1. The van der Waals surface area contributed by atoms with E-state index in [2.05, 4.69) is 20.7 Å². The van der Waals surface area contributed by atoms with E-state index < -0.39 is 18.0 Å². The molecule has 92 valence electrons. The zero-order valence-electron chi connectivity index (χ0n) is 8.81. The molecule has 0 aromatic heterocycles. The summed E-state index contributed by atoms with van der Waals surface area (Å²) in [7, 11) is 1.12. The Morgan fingerprint density at radius 3 is 2.53 bits per heavy atom. The van der Waals surface area contributed by atoms with Crippen LogP contribution in [0.4, 0.5) is 0 Å². The van der Waals surface area contributed by atoms with Gasteiger partial charge in [-0.25, -0.2) is 4.79 Å². The van der Waals surface area contributed by atoms with Crippen molar-refractivity contribution in [3.05, 3.63) is 27.7 Å². The summed E-state index contributed by atoms with van der Waals surface area (Å²) >= 11 is 3.02. The van der Waals surface area contributed by atoms with Crippen molar-refractivity contribution in [2.24, 2.45) is 5.73 Å². The van der Waals surface area contributed by atoms with Gasteiger partial charge in [-0.3, -0.25) is 4.79 Å². The van der Waals surface area contributed by atoms with Crippen LogP contribution in [-0.2, 0) is 9.53 Å². The van der Waals surface area contributed by atoms with Gasteiger partial charge in [-0.05, 0) is 28.1 Å². The van der Waals surface area contributed by atoms with Crippen molar-refractivity contribution < 1.29 is 24.5 Å². The summed E-state index contributed by atoms with van der Waals surface area (Å²) in [6, 6.07) is 1.24. The third-order valence-corrected chi connectivity index (χ3v) is 2.80. The first-order valence-corrected chi connectivity index (χ1v) is 5.27. The lowest BCUT2D eigenvalue weighted by Gasteiger charge is -2.15. The number of benzene rings is 1. The molecule has 0 aliphatic rings. The van der Waals surface area contributed by atoms with Gasteiger partial charge in [0.2, 0.25) is 0 Å². The molecule has 0 saturated carbocycles. The number of rotatable bonds is 3. The van der Waals surface area contributed by atoms with Crippen molar-refractivity contribution in [1.82, 2.24) is 0 Å². The number of ether oxygens (including phenoxy) is 1. The predicted molar refractivity (Wildman–Crippen MR) is 61.7 cm³/mol. The van der Waals surface area contributed by atoms with Gasteiger partial charge in [0.25, 0.3) is 0 Å². The maximum Gasteiger partial charge on any atom is 0.336 e. The normalized spacial score (nSPS) is 11.9.